The monoisotopic (exact) mass is 513 g/mol. The Morgan fingerprint density at radius 1 is 1.06 bits per heavy atom. The average molecular weight is 514 g/mol. The quantitative estimate of drug-likeness (QED) is 0.372. The van der Waals surface area contributed by atoms with Gasteiger partial charge in [-0.2, -0.15) is 0 Å². The number of nitrogens with one attached hydrogen (secondary N) is 4. The number of sulfonamides is 1. The van der Waals surface area contributed by atoms with Crippen molar-refractivity contribution in [2.75, 3.05) is 53.4 Å². The van der Waals surface area contributed by atoms with Crippen LogP contribution in [0.15, 0.2) is 0 Å². The molecule has 5 fully saturated rings. The Labute approximate surface area is 211 Å². The van der Waals surface area contributed by atoms with Gasteiger partial charge < -0.3 is 15.0 Å². The average Bonchev–Trinajstić information content (AvgIpc) is 3.52. The van der Waals surface area contributed by atoms with Crippen LogP contribution in [0.5, 0.6) is 0 Å². The van der Waals surface area contributed by atoms with E-state index in [1.807, 2.05) is 7.05 Å². The molecule has 4 N–H and O–H groups in total. The molecule has 10 nitrogen and oxygen atoms in total. The molecule has 1 saturated carbocycles. The molecule has 5 rings (SSSR count). The van der Waals surface area contributed by atoms with Crippen molar-refractivity contribution in [2.45, 2.75) is 87.5 Å². The first-order valence-electron chi connectivity index (χ1n) is 13.8. The van der Waals surface area contributed by atoms with Crippen LogP contribution in [0.2, 0.25) is 0 Å². The molecule has 0 bridgehead atoms. The number of methoxy groups -OCH3 is 1. The number of fused-ring (bicyclic) bond motifs is 1. The second kappa shape index (κ2) is 11.2. The standard InChI is InChI=1S/C24H47N7O3S/c1-17(30-11-5-4-6-12-30)18-9-10-25-22(13-18)31-16-20(15-27-31)35(32,33)28-23-21(34-3)8-7-19-14-26-29(2)24(19)23/h17-28H,4-16H2,1-3H3/t17-,18?,19?,20?,21?,22?,23?,24?/m0/s1. The Bertz CT molecular complexity index is 811. The lowest BCUT2D eigenvalue weighted by Gasteiger charge is -2.43. The number of hydrazine groups is 2. The van der Waals surface area contributed by atoms with E-state index in [-0.39, 0.29) is 24.4 Å². The lowest BCUT2D eigenvalue weighted by Crippen LogP contribution is -2.61. The summed E-state index contributed by atoms with van der Waals surface area (Å²) >= 11 is 0. The summed E-state index contributed by atoms with van der Waals surface area (Å²) in [5.41, 5.74) is 6.81. The maximum atomic E-state index is 13.6. The Morgan fingerprint density at radius 2 is 1.86 bits per heavy atom. The number of rotatable bonds is 7. The van der Waals surface area contributed by atoms with E-state index in [1.54, 1.807) is 7.11 Å². The Balaban J connectivity index is 1.19. The molecule has 8 atom stereocenters. The predicted octanol–water partition coefficient (Wildman–Crippen LogP) is -0.0931. The van der Waals surface area contributed by atoms with Crippen LogP contribution in [0.4, 0.5) is 0 Å². The highest BCUT2D eigenvalue weighted by Gasteiger charge is 2.48. The highest BCUT2D eigenvalue weighted by atomic mass is 32.2. The number of ether oxygens (including phenoxy) is 1. The highest BCUT2D eigenvalue weighted by molar-refractivity contribution is 7.90. The molecule has 0 radical (unpaired) electrons. The third-order valence-electron chi connectivity index (χ3n) is 9.53. The number of nitrogens with zero attached hydrogens (tertiary/aromatic N) is 3. The normalized spacial score (nSPS) is 41.2. The number of likely N-dealkylation sites (N-methyl/N-ethyl adjacent to an activating group) is 1. The summed E-state index contributed by atoms with van der Waals surface area (Å²) in [6.07, 6.45) is 8.26. The van der Waals surface area contributed by atoms with Gasteiger partial charge in [-0.25, -0.2) is 23.2 Å². The fourth-order valence-corrected chi connectivity index (χ4v) is 8.83. The highest BCUT2D eigenvalue weighted by Crippen LogP contribution is 2.33. The molecule has 0 aromatic rings. The zero-order valence-corrected chi connectivity index (χ0v) is 22.6. The molecule has 202 valence electrons. The molecular formula is C24H47N7O3S. The fourth-order valence-electron chi connectivity index (χ4n) is 7.32. The molecule has 4 heterocycles. The summed E-state index contributed by atoms with van der Waals surface area (Å²) in [6, 6.07) is 0.470. The van der Waals surface area contributed by atoms with Gasteiger partial charge in [0.05, 0.1) is 18.3 Å². The van der Waals surface area contributed by atoms with Crippen LogP contribution in [0.25, 0.3) is 0 Å². The van der Waals surface area contributed by atoms with Crippen molar-refractivity contribution < 1.29 is 13.2 Å². The lowest BCUT2D eigenvalue weighted by atomic mass is 9.80. The largest absolute Gasteiger partial charge is 0.380 e. The second-order valence-electron chi connectivity index (χ2n) is 11.5. The minimum Gasteiger partial charge on any atom is -0.380 e. The maximum Gasteiger partial charge on any atom is 0.217 e. The molecule has 0 spiro atoms. The van der Waals surface area contributed by atoms with E-state index in [2.05, 4.69) is 42.7 Å². The van der Waals surface area contributed by atoms with Crippen LogP contribution in [-0.4, -0.2) is 112 Å². The lowest BCUT2D eigenvalue weighted by molar-refractivity contribution is 0.00327. The van der Waals surface area contributed by atoms with Crippen molar-refractivity contribution >= 4 is 10.0 Å². The van der Waals surface area contributed by atoms with Crippen molar-refractivity contribution in [2.24, 2.45) is 11.8 Å². The van der Waals surface area contributed by atoms with E-state index < -0.39 is 15.3 Å². The SMILES string of the molecule is COC1CCC2CNN(C)C2C1NS(=O)(=O)C1CNN(C2CC([C@H](C)N3CCCCC3)CCN2)C1. The molecule has 5 aliphatic rings. The Hall–Kier alpha value is -0.370. The number of likely N-dealkylation sites (tertiary alicyclic amines) is 1. The van der Waals surface area contributed by atoms with E-state index in [9.17, 15) is 8.42 Å². The maximum absolute atomic E-state index is 13.6. The van der Waals surface area contributed by atoms with Gasteiger partial charge in [0.15, 0.2) is 0 Å². The topological polar surface area (TPSA) is 101 Å². The first-order chi connectivity index (χ1) is 16.9. The van der Waals surface area contributed by atoms with Gasteiger partial charge in [-0.15, -0.1) is 0 Å². The second-order valence-corrected chi connectivity index (χ2v) is 13.5. The Morgan fingerprint density at radius 3 is 2.63 bits per heavy atom. The zero-order valence-electron chi connectivity index (χ0n) is 21.8. The zero-order chi connectivity index (χ0) is 24.6. The van der Waals surface area contributed by atoms with E-state index in [4.69, 9.17) is 4.74 Å². The van der Waals surface area contributed by atoms with Crippen molar-refractivity contribution in [3.05, 3.63) is 0 Å². The molecular weight excluding hydrogens is 466 g/mol. The number of piperidine rings is 2. The van der Waals surface area contributed by atoms with E-state index >= 15 is 0 Å². The third-order valence-corrected chi connectivity index (χ3v) is 11.3. The Kier molecular flexibility index (Phi) is 8.37. The van der Waals surface area contributed by atoms with Crippen molar-refractivity contribution in [3.63, 3.8) is 0 Å². The van der Waals surface area contributed by atoms with Gasteiger partial charge in [0.25, 0.3) is 0 Å². The van der Waals surface area contributed by atoms with Gasteiger partial charge in [0, 0.05) is 45.9 Å². The van der Waals surface area contributed by atoms with Gasteiger partial charge in [-0.05, 0) is 76.9 Å². The summed E-state index contributed by atoms with van der Waals surface area (Å²) in [6.45, 7) is 7.68. The molecule has 0 amide bonds. The van der Waals surface area contributed by atoms with Crippen LogP contribution in [0, 0.1) is 11.8 Å². The minimum atomic E-state index is -3.51. The van der Waals surface area contributed by atoms with Crippen LogP contribution in [0.1, 0.15) is 51.9 Å². The summed E-state index contributed by atoms with van der Waals surface area (Å²) in [5, 5.41) is 7.41. The van der Waals surface area contributed by atoms with Crippen molar-refractivity contribution in [1.29, 1.82) is 0 Å². The molecule has 1 aliphatic carbocycles. The molecule has 0 aromatic carbocycles. The van der Waals surface area contributed by atoms with Crippen LogP contribution in [-0.2, 0) is 14.8 Å². The van der Waals surface area contributed by atoms with Crippen molar-refractivity contribution in [3.8, 4) is 0 Å². The molecule has 11 heteroatoms. The van der Waals surface area contributed by atoms with Gasteiger partial charge in [-0.3, -0.25) is 10.9 Å². The van der Waals surface area contributed by atoms with E-state index in [0.717, 1.165) is 32.4 Å². The molecule has 4 aliphatic heterocycles. The summed E-state index contributed by atoms with van der Waals surface area (Å²) in [4.78, 5) is 2.67. The third kappa shape index (κ3) is 5.58. The first-order valence-corrected chi connectivity index (χ1v) is 15.4. The van der Waals surface area contributed by atoms with Crippen molar-refractivity contribution in [1.82, 2.24) is 35.8 Å². The number of hydrogen-bond acceptors (Lipinski definition) is 9. The van der Waals surface area contributed by atoms with Crippen LogP contribution < -0.4 is 20.9 Å². The van der Waals surface area contributed by atoms with Gasteiger partial charge in [0.2, 0.25) is 10.0 Å². The van der Waals surface area contributed by atoms with E-state index in [0.29, 0.717) is 31.0 Å². The molecule has 4 saturated heterocycles. The molecule has 35 heavy (non-hydrogen) atoms. The fraction of sp³-hybridized carbons (Fsp3) is 1.00. The van der Waals surface area contributed by atoms with Gasteiger partial charge in [-0.1, -0.05) is 6.42 Å². The van der Waals surface area contributed by atoms with Gasteiger partial charge >= 0.3 is 0 Å². The molecule has 0 aromatic heterocycles. The first kappa shape index (κ1) is 26.2. The molecule has 7 unspecified atom stereocenters. The van der Waals surface area contributed by atoms with E-state index in [1.165, 1.54) is 38.8 Å². The van der Waals surface area contributed by atoms with Crippen LogP contribution >= 0.6 is 0 Å². The number of hydrogen-bond donors (Lipinski definition) is 4. The summed E-state index contributed by atoms with van der Waals surface area (Å²) in [5.74, 6) is 1.09. The van der Waals surface area contributed by atoms with Gasteiger partial charge in [0.1, 0.15) is 5.25 Å². The van der Waals surface area contributed by atoms with Crippen LogP contribution in [0.3, 0.4) is 0 Å². The minimum absolute atomic E-state index is 0.101. The summed E-state index contributed by atoms with van der Waals surface area (Å²) < 4.78 is 36.0. The smallest absolute Gasteiger partial charge is 0.217 e. The predicted molar refractivity (Wildman–Crippen MR) is 137 cm³/mol. The summed E-state index contributed by atoms with van der Waals surface area (Å²) in [7, 11) is 0.203.